The smallest absolute Gasteiger partial charge is 0.192 e. The molecule has 0 heterocycles. The largest absolute Gasteiger partial charge is 0.392 e. The molecule has 0 radical (unpaired) electrons. The summed E-state index contributed by atoms with van der Waals surface area (Å²) >= 11 is 1.22. The van der Waals surface area contributed by atoms with E-state index in [1.807, 2.05) is 33.8 Å². The third-order valence-electron chi connectivity index (χ3n) is 4.89. The van der Waals surface area contributed by atoms with E-state index < -0.39 is 11.5 Å². The van der Waals surface area contributed by atoms with Crippen molar-refractivity contribution in [3.05, 3.63) is 12.7 Å². The molecule has 0 aliphatic heterocycles. The van der Waals surface area contributed by atoms with Crippen LogP contribution in [0.3, 0.4) is 0 Å². The molecule has 140 valence electrons. The first-order valence-corrected chi connectivity index (χ1v) is 9.60. The molecule has 0 aromatic heterocycles. The highest BCUT2D eigenvalue weighted by atomic mass is 32.2. The van der Waals surface area contributed by atoms with E-state index in [0.717, 1.165) is 6.42 Å². The highest BCUT2D eigenvalue weighted by Crippen LogP contribution is 2.35. The normalized spacial score (nSPS) is 17.7. The number of Topliss-reactive ketones (excluding diaryl/α,β-unsaturated/α-hetero) is 1. The summed E-state index contributed by atoms with van der Waals surface area (Å²) in [6.07, 6.45) is 1.78. The Morgan fingerprint density at radius 3 is 2.04 bits per heavy atom. The molecule has 0 spiro atoms. The average Bonchev–Trinajstić information content (AvgIpc) is 2.42. The number of aliphatic hydroxyl groups is 1. The molecule has 0 aromatic carbocycles. The molecule has 1 N–H and O–H groups in total. The van der Waals surface area contributed by atoms with Crippen molar-refractivity contribution in [2.45, 2.75) is 79.1 Å². The number of allylic oxidation sites excluding steroid dienone is 1. The molecule has 24 heavy (non-hydrogen) atoms. The standard InChI is InChI=1S/C20H36O3S/c1-10-11-13(2)14(3)15(4)18(23)20(8,9)16(21)12-17(22)24-19(5,6)7/h10,13-16,21H,1,11-12H2,2-9H3/t13?,14-,15?,16?/m0/s1. The fraction of sp³-hybridized carbons (Fsp3) is 0.800. The first-order chi connectivity index (χ1) is 10.7. The van der Waals surface area contributed by atoms with Crippen LogP contribution < -0.4 is 0 Å². The molecule has 3 nitrogen and oxygen atoms in total. The summed E-state index contributed by atoms with van der Waals surface area (Å²) in [5, 5.41) is 10.4. The molecule has 0 amide bonds. The predicted molar refractivity (Wildman–Crippen MR) is 104 cm³/mol. The van der Waals surface area contributed by atoms with E-state index in [0.29, 0.717) is 5.92 Å². The number of carbonyl (C=O) groups is 2. The number of aliphatic hydroxyl groups excluding tert-OH is 1. The lowest BCUT2D eigenvalue weighted by Crippen LogP contribution is -2.43. The van der Waals surface area contributed by atoms with Crippen molar-refractivity contribution in [2.24, 2.45) is 23.2 Å². The van der Waals surface area contributed by atoms with Gasteiger partial charge in [0, 0.05) is 22.5 Å². The highest BCUT2D eigenvalue weighted by Gasteiger charge is 2.41. The minimum Gasteiger partial charge on any atom is -0.392 e. The Balaban J connectivity index is 4.98. The van der Waals surface area contributed by atoms with Gasteiger partial charge in [0.15, 0.2) is 5.12 Å². The van der Waals surface area contributed by atoms with Crippen LogP contribution in [-0.4, -0.2) is 26.9 Å². The zero-order chi connectivity index (χ0) is 19.3. The highest BCUT2D eigenvalue weighted by molar-refractivity contribution is 8.14. The van der Waals surface area contributed by atoms with Crippen molar-refractivity contribution in [1.29, 1.82) is 0 Å². The quantitative estimate of drug-likeness (QED) is 0.599. The molecule has 0 aromatic rings. The maximum Gasteiger partial charge on any atom is 0.192 e. The van der Waals surface area contributed by atoms with E-state index in [1.165, 1.54) is 11.8 Å². The summed E-state index contributed by atoms with van der Waals surface area (Å²) in [5.41, 5.74) is -0.935. The topological polar surface area (TPSA) is 54.4 Å². The Morgan fingerprint density at radius 2 is 1.62 bits per heavy atom. The van der Waals surface area contributed by atoms with Gasteiger partial charge in [-0.3, -0.25) is 9.59 Å². The lowest BCUT2D eigenvalue weighted by atomic mass is 9.70. The van der Waals surface area contributed by atoms with Gasteiger partial charge in [-0.05, 0) is 18.3 Å². The first kappa shape index (κ1) is 23.4. The second kappa shape index (κ2) is 9.19. The summed E-state index contributed by atoms with van der Waals surface area (Å²) in [5.74, 6) is 0.399. The Hall–Kier alpha value is -0.610. The molecule has 0 aliphatic rings. The van der Waals surface area contributed by atoms with E-state index in [1.54, 1.807) is 13.8 Å². The van der Waals surface area contributed by atoms with Crippen LogP contribution in [0.1, 0.15) is 68.2 Å². The third kappa shape index (κ3) is 7.10. The molecule has 0 bridgehead atoms. The minimum atomic E-state index is -0.961. The number of rotatable bonds is 9. The van der Waals surface area contributed by atoms with Crippen molar-refractivity contribution < 1.29 is 14.7 Å². The second-order valence-electron chi connectivity index (χ2n) is 8.54. The van der Waals surface area contributed by atoms with Crippen LogP contribution in [0, 0.1) is 23.2 Å². The monoisotopic (exact) mass is 356 g/mol. The van der Waals surface area contributed by atoms with E-state index in [4.69, 9.17) is 0 Å². The molecular weight excluding hydrogens is 320 g/mol. The summed E-state index contributed by atoms with van der Waals surface area (Å²) in [7, 11) is 0. The summed E-state index contributed by atoms with van der Waals surface area (Å²) in [4.78, 5) is 25.0. The van der Waals surface area contributed by atoms with E-state index in [9.17, 15) is 14.7 Å². The van der Waals surface area contributed by atoms with Gasteiger partial charge >= 0.3 is 0 Å². The van der Waals surface area contributed by atoms with Gasteiger partial charge in [-0.1, -0.05) is 73.2 Å². The van der Waals surface area contributed by atoms with Crippen molar-refractivity contribution in [1.82, 2.24) is 0 Å². The van der Waals surface area contributed by atoms with Crippen LogP contribution in [-0.2, 0) is 9.59 Å². The molecule has 4 atom stereocenters. The Labute approximate surface area is 152 Å². The Morgan fingerprint density at radius 1 is 1.12 bits per heavy atom. The van der Waals surface area contributed by atoms with E-state index >= 15 is 0 Å². The SMILES string of the molecule is C=CCC(C)[C@H](C)C(C)C(=O)C(C)(C)C(O)CC(=O)SC(C)(C)C. The van der Waals surface area contributed by atoms with Gasteiger partial charge < -0.3 is 5.11 Å². The molecule has 0 fully saturated rings. The number of carbonyl (C=O) groups excluding carboxylic acids is 2. The molecule has 0 saturated heterocycles. The summed E-state index contributed by atoms with van der Waals surface area (Å²) < 4.78 is -0.188. The predicted octanol–water partition coefficient (Wildman–Crippen LogP) is 4.88. The van der Waals surface area contributed by atoms with Gasteiger partial charge in [0.05, 0.1) is 6.10 Å². The van der Waals surface area contributed by atoms with Gasteiger partial charge in [-0.2, -0.15) is 0 Å². The maximum absolute atomic E-state index is 12.9. The van der Waals surface area contributed by atoms with Gasteiger partial charge in [0.1, 0.15) is 5.78 Å². The molecule has 0 saturated carbocycles. The minimum absolute atomic E-state index is 0.00396. The van der Waals surface area contributed by atoms with Crippen molar-refractivity contribution >= 4 is 22.7 Å². The van der Waals surface area contributed by atoms with Crippen LogP contribution >= 0.6 is 11.8 Å². The number of hydrogen-bond donors (Lipinski definition) is 1. The zero-order valence-corrected chi connectivity index (χ0v) is 17.5. The average molecular weight is 357 g/mol. The zero-order valence-electron chi connectivity index (χ0n) is 16.7. The Kier molecular flexibility index (Phi) is 8.95. The van der Waals surface area contributed by atoms with Gasteiger partial charge in [-0.25, -0.2) is 0 Å². The molecule has 4 heteroatoms. The van der Waals surface area contributed by atoms with E-state index in [2.05, 4.69) is 20.4 Å². The lowest BCUT2D eigenvalue weighted by Gasteiger charge is -2.35. The van der Waals surface area contributed by atoms with Gasteiger partial charge in [-0.15, -0.1) is 6.58 Å². The maximum atomic E-state index is 12.9. The molecule has 0 rings (SSSR count). The third-order valence-corrected chi connectivity index (χ3v) is 5.89. The van der Waals surface area contributed by atoms with Crippen LogP contribution in [0.2, 0.25) is 0 Å². The van der Waals surface area contributed by atoms with Crippen molar-refractivity contribution in [2.75, 3.05) is 0 Å². The van der Waals surface area contributed by atoms with Gasteiger partial charge in [0.25, 0.3) is 0 Å². The molecular formula is C20H36O3S. The van der Waals surface area contributed by atoms with Crippen LogP contribution in [0.25, 0.3) is 0 Å². The number of ketones is 1. The number of hydrogen-bond acceptors (Lipinski definition) is 4. The Bertz CT molecular complexity index is 448. The van der Waals surface area contributed by atoms with E-state index in [-0.39, 0.29) is 33.9 Å². The fourth-order valence-corrected chi connectivity index (χ4v) is 3.68. The summed E-state index contributed by atoms with van der Waals surface area (Å²) in [6.45, 7) is 19.2. The van der Waals surface area contributed by atoms with Crippen LogP contribution in [0.15, 0.2) is 12.7 Å². The van der Waals surface area contributed by atoms with Crippen LogP contribution in [0.5, 0.6) is 0 Å². The van der Waals surface area contributed by atoms with Gasteiger partial charge in [0.2, 0.25) is 0 Å². The lowest BCUT2D eigenvalue weighted by molar-refractivity contribution is -0.139. The second-order valence-corrected chi connectivity index (χ2v) is 10.4. The van der Waals surface area contributed by atoms with Crippen molar-refractivity contribution in [3.63, 3.8) is 0 Å². The number of thioether (sulfide) groups is 1. The molecule has 3 unspecified atom stereocenters. The fourth-order valence-electron chi connectivity index (χ4n) is 2.76. The summed E-state index contributed by atoms with van der Waals surface area (Å²) in [6, 6.07) is 0. The first-order valence-electron chi connectivity index (χ1n) is 8.79. The van der Waals surface area contributed by atoms with Crippen molar-refractivity contribution in [3.8, 4) is 0 Å². The van der Waals surface area contributed by atoms with Crippen LogP contribution in [0.4, 0.5) is 0 Å². The molecule has 0 aliphatic carbocycles.